The van der Waals surface area contributed by atoms with Crippen LogP contribution in [0.5, 0.6) is 0 Å². The molecular formula is C7H11N3S. The zero-order valence-electron chi connectivity index (χ0n) is 6.45. The van der Waals surface area contributed by atoms with E-state index in [4.69, 9.17) is 18.0 Å². The molecule has 0 aromatic carbocycles. The average Bonchev–Trinajstić information content (AvgIpc) is 2.34. The van der Waals surface area contributed by atoms with Gasteiger partial charge in [-0.2, -0.15) is 0 Å². The average molecular weight is 169 g/mol. The summed E-state index contributed by atoms with van der Waals surface area (Å²) in [7, 11) is 0. The number of aromatic nitrogens is 2. The molecule has 1 heterocycles. The van der Waals surface area contributed by atoms with Gasteiger partial charge in [-0.15, -0.1) is 0 Å². The van der Waals surface area contributed by atoms with Gasteiger partial charge in [0.25, 0.3) is 0 Å². The lowest BCUT2D eigenvalue weighted by molar-refractivity contribution is 0.730. The Morgan fingerprint density at radius 2 is 2.55 bits per heavy atom. The largest absolute Gasteiger partial charge is 0.393 e. The molecule has 2 N–H and O–H groups in total. The van der Waals surface area contributed by atoms with Crippen LogP contribution in [0.1, 0.15) is 12.6 Å². The van der Waals surface area contributed by atoms with Gasteiger partial charge in [-0.1, -0.05) is 12.2 Å². The number of hydrogen-bond donors (Lipinski definition) is 1. The van der Waals surface area contributed by atoms with Crippen LogP contribution in [0.3, 0.4) is 0 Å². The van der Waals surface area contributed by atoms with Crippen LogP contribution in [0.15, 0.2) is 12.5 Å². The quantitative estimate of drug-likeness (QED) is 0.678. The van der Waals surface area contributed by atoms with Gasteiger partial charge in [0, 0.05) is 24.9 Å². The van der Waals surface area contributed by atoms with Gasteiger partial charge in [-0.3, -0.25) is 0 Å². The fraction of sp³-hybridized carbons (Fsp3) is 0.429. The molecule has 0 bridgehead atoms. The predicted molar refractivity (Wildman–Crippen MR) is 48.4 cm³/mol. The molecule has 0 fully saturated rings. The standard InChI is InChI=1S/C7H11N3S/c1-2-10-5-9-4-6(10)3-7(8)11/h4-5H,2-3H2,1H3,(H2,8,11). The summed E-state index contributed by atoms with van der Waals surface area (Å²) in [6, 6.07) is 0. The van der Waals surface area contributed by atoms with Gasteiger partial charge in [0.1, 0.15) is 0 Å². The van der Waals surface area contributed by atoms with Crippen molar-refractivity contribution in [3.05, 3.63) is 18.2 Å². The Hall–Kier alpha value is -0.900. The third-order valence-corrected chi connectivity index (χ3v) is 1.64. The lowest BCUT2D eigenvalue weighted by atomic mass is 10.3. The maximum Gasteiger partial charge on any atom is 0.0948 e. The molecule has 0 aliphatic rings. The van der Waals surface area contributed by atoms with Crippen molar-refractivity contribution < 1.29 is 0 Å². The summed E-state index contributed by atoms with van der Waals surface area (Å²) in [5, 5.41) is 0. The van der Waals surface area contributed by atoms with Gasteiger partial charge in [-0.25, -0.2) is 4.98 Å². The Morgan fingerprint density at radius 1 is 1.82 bits per heavy atom. The summed E-state index contributed by atoms with van der Waals surface area (Å²) >= 11 is 4.79. The first-order chi connectivity index (χ1) is 5.24. The van der Waals surface area contributed by atoms with E-state index in [9.17, 15) is 0 Å². The molecule has 0 aliphatic heterocycles. The fourth-order valence-electron chi connectivity index (χ4n) is 0.959. The maximum absolute atomic E-state index is 5.40. The van der Waals surface area contributed by atoms with E-state index in [-0.39, 0.29) is 0 Å². The second kappa shape index (κ2) is 3.48. The van der Waals surface area contributed by atoms with Crippen molar-refractivity contribution in [3.8, 4) is 0 Å². The van der Waals surface area contributed by atoms with Crippen molar-refractivity contribution in [2.45, 2.75) is 19.9 Å². The van der Waals surface area contributed by atoms with E-state index in [0.717, 1.165) is 12.2 Å². The minimum Gasteiger partial charge on any atom is -0.393 e. The van der Waals surface area contributed by atoms with Crippen molar-refractivity contribution in [2.24, 2.45) is 5.73 Å². The first-order valence-corrected chi connectivity index (χ1v) is 3.92. The number of nitrogens with two attached hydrogens (primary N) is 1. The van der Waals surface area contributed by atoms with E-state index in [0.29, 0.717) is 11.4 Å². The highest BCUT2D eigenvalue weighted by molar-refractivity contribution is 7.80. The SMILES string of the molecule is CCn1cncc1CC(N)=S. The molecule has 60 valence electrons. The minimum atomic E-state index is 0.514. The third kappa shape index (κ3) is 2.01. The molecule has 0 atom stereocenters. The van der Waals surface area contributed by atoms with Gasteiger partial charge in [-0.05, 0) is 6.92 Å². The van der Waals surface area contributed by atoms with Gasteiger partial charge in [0.05, 0.1) is 11.3 Å². The van der Waals surface area contributed by atoms with Crippen molar-refractivity contribution in [1.82, 2.24) is 9.55 Å². The molecular weight excluding hydrogens is 158 g/mol. The maximum atomic E-state index is 5.40. The zero-order chi connectivity index (χ0) is 8.27. The van der Waals surface area contributed by atoms with Crippen LogP contribution in [-0.2, 0) is 13.0 Å². The Morgan fingerprint density at radius 3 is 3.09 bits per heavy atom. The van der Waals surface area contributed by atoms with E-state index in [1.165, 1.54) is 0 Å². The Labute approximate surface area is 71.2 Å². The summed E-state index contributed by atoms with van der Waals surface area (Å²) in [4.78, 5) is 4.51. The van der Waals surface area contributed by atoms with Crippen LogP contribution < -0.4 is 5.73 Å². The van der Waals surface area contributed by atoms with Crippen LogP contribution in [0.2, 0.25) is 0 Å². The minimum absolute atomic E-state index is 0.514. The third-order valence-electron chi connectivity index (χ3n) is 1.49. The highest BCUT2D eigenvalue weighted by Crippen LogP contribution is 1.99. The summed E-state index contributed by atoms with van der Waals surface area (Å²) < 4.78 is 2.03. The molecule has 0 saturated heterocycles. The van der Waals surface area contributed by atoms with Crippen molar-refractivity contribution in [3.63, 3.8) is 0 Å². The van der Waals surface area contributed by atoms with Crippen LogP contribution in [0, 0.1) is 0 Å². The number of imidazole rings is 1. The van der Waals surface area contributed by atoms with Gasteiger partial charge in [0.15, 0.2) is 0 Å². The highest BCUT2D eigenvalue weighted by Gasteiger charge is 2.00. The Bertz CT molecular complexity index is 254. The first-order valence-electron chi connectivity index (χ1n) is 3.51. The highest BCUT2D eigenvalue weighted by atomic mass is 32.1. The zero-order valence-corrected chi connectivity index (χ0v) is 7.27. The summed E-state index contributed by atoms with van der Waals surface area (Å²) in [5.41, 5.74) is 6.48. The molecule has 0 amide bonds. The van der Waals surface area contributed by atoms with Crippen molar-refractivity contribution >= 4 is 17.2 Å². The summed E-state index contributed by atoms with van der Waals surface area (Å²) in [6.07, 6.45) is 4.22. The molecule has 11 heavy (non-hydrogen) atoms. The molecule has 1 aromatic heterocycles. The number of aryl methyl sites for hydroxylation is 1. The van der Waals surface area contributed by atoms with Crippen LogP contribution in [-0.4, -0.2) is 14.5 Å². The Kier molecular flexibility index (Phi) is 2.59. The van der Waals surface area contributed by atoms with E-state index >= 15 is 0 Å². The van der Waals surface area contributed by atoms with Gasteiger partial charge >= 0.3 is 0 Å². The molecule has 0 radical (unpaired) electrons. The van der Waals surface area contributed by atoms with E-state index < -0.39 is 0 Å². The van der Waals surface area contributed by atoms with Crippen molar-refractivity contribution in [1.29, 1.82) is 0 Å². The van der Waals surface area contributed by atoms with Gasteiger partial charge < -0.3 is 10.3 Å². The number of hydrogen-bond acceptors (Lipinski definition) is 2. The molecule has 0 spiro atoms. The summed E-state index contributed by atoms with van der Waals surface area (Å²) in [5.74, 6) is 0. The second-order valence-electron chi connectivity index (χ2n) is 2.31. The van der Waals surface area contributed by atoms with Crippen LogP contribution >= 0.6 is 12.2 Å². The van der Waals surface area contributed by atoms with Crippen LogP contribution in [0.25, 0.3) is 0 Å². The molecule has 1 rings (SSSR count). The Balaban J connectivity index is 2.76. The van der Waals surface area contributed by atoms with Crippen LogP contribution in [0.4, 0.5) is 0 Å². The fourth-order valence-corrected chi connectivity index (χ4v) is 1.11. The van der Waals surface area contributed by atoms with E-state index in [1.807, 2.05) is 4.57 Å². The molecule has 4 heteroatoms. The summed E-state index contributed by atoms with van der Waals surface area (Å²) in [6.45, 7) is 2.97. The van der Waals surface area contributed by atoms with E-state index in [2.05, 4.69) is 11.9 Å². The van der Waals surface area contributed by atoms with Crippen molar-refractivity contribution in [2.75, 3.05) is 0 Å². The smallest absolute Gasteiger partial charge is 0.0948 e. The normalized spacial score (nSPS) is 9.91. The topological polar surface area (TPSA) is 43.8 Å². The lowest BCUT2D eigenvalue weighted by Gasteiger charge is -2.02. The second-order valence-corrected chi connectivity index (χ2v) is 2.84. The number of thiocarbonyl (C=S) groups is 1. The first kappa shape index (κ1) is 8.20. The monoisotopic (exact) mass is 169 g/mol. The predicted octanol–water partition coefficient (Wildman–Crippen LogP) is 0.732. The molecule has 0 aliphatic carbocycles. The molecule has 1 aromatic rings. The molecule has 0 saturated carbocycles. The molecule has 0 unspecified atom stereocenters. The molecule has 3 nitrogen and oxygen atoms in total. The number of nitrogens with zero attached hydrogens (tertiary/aromatic N) is 2. The van der Waals surface area contributed by atoms with E-state index in [1.54, 1.807) is 12.5 Å². The lowest BCUT2D eigenvalue weighted by Crippen LogP contribution is -2.13. The number of rotatable bonds is 3. The van der Waals surface area contributed by atoms with Gasteiger partial charge in [0.2, 0.25) is 0 Å².